The second-order valence-electron chi connectivity index (χ2n) is 3.75. The van der Waals surface area contributed by atoms with Crippen molar-refractivity contribution in [2.75, 3.05) is 5.73 Å². The van der Waals surface area contributed by atoms with Crippen LogP contribution in [0.3, 0.4) is 0 Å². The van der Waals surface area contributed by atoms with Gasteiger partial charge in [0.2, 0.25) is 11.8 Å². The Labute approximate surface area is 100 Å². The highest BCUT2D eigenvalue weighted by Crippen LogP contribution is 2.20. The molecule has 4 heteroatoms. The number of nitrogen functional groups attached to an aromatic ring is 1. The molecule has 17 heavy (non-hydrogen) atoms. The molecule has 4 nitrogen and oxygen atoms in total. The lowest BCUT2D eigenvalue weighted by Crippen LogP contribution is -1.96. The fraction of sp³-hybridized carbons (Fsp3) is 0.231. The molecule has 0 saturated carbocycles. The van der Waals surface area contributed by atoms with Gasteiger partial charge in [-0.25, -0.2) is 4.98 Å². The second kappa shape index (κ2) is 5.30. The molecule has 0 bridgehead atoms. The van der Waals surface area contributed by atoms with Gasteiger partial charge in [-0.15, -0.1) is 0 Å². The molecule has 2 N–H and O–H groups in total. The maximum Gasteiger partial charge on any atom is 0.224 e. The third kappa shape index (κ3) is 3.17. The van der Waals surface area contributed by atoms with Crippen molar-refractivity contribution in [2.24, 2.45) is 0 Å². The Morgan fingerprint density at radius 3 is 2.59 bits per heavy atom. The normalized spacial score (nSPS) is 10.2. The van der Waals surface area contributed by atoms with E-state index in [-0.39, 0.29) is 5.95 Å². The highest BCUT2D eigenvalue weighted by atomic mass is 16.5. The minimum atomic E-state index is 0.213. The van der Waals surface area contributed by atoms with Crippen molar-refractivity contribution >= 4 is 5.95 Å². The maximum atomic E-state index is 5.56. The summed E-state index contributed by atoms with van der Waals surface area (Å²) in [4.78, 5) is 7.78. The van der Waals surface area contributed by atoms with Gasteiger partial charge in [-0.1, -0.05) is 25.5 Å². The van der Waals surface area contributed by atoms with Crippen LogP contribution in [-0.2, 0) is 6.42 Å². The van der Waals surface area contributed by atoms with E-state index in [0.29, 0.717) is 5.88 Å². The lowest BCUT2D eigenvalue weighted by atomic mass is 10.1. The maximum absolute atomic E-state index is 5.56. The van der Waals surface area contributed by atoms with Crippen LogP contribution < -0.4 is 10.5 Å². The van der Waals surface area contributed by atoms with Crippen LogP contribution in [0, 0.1) is 0 Å². The van der Waals surface area contributed by atoms with Gasteiger partial charge in [-0.05, 0) is 24.1 Å². The molecule has 2 rings (SSSR count). The predicted octanol–water partition coefficient (Wildman–Crippen LogP) is 2.80. The molecule has 0 aliphatic heterocycles. The van der Waals surface area contributed by atoms with Crippen molar-refractivity contribution < 1.29 is 4.74 Å². The first-order valence-electron chi connectivity index (χ1n) is 5.63. The van der Waals surface area contributed by atoms with Crippen LogP contribution in [-0.4, -0.2) is 9.97 Å². The lowest BCUT2D eigenvalue weighted by Gasteiger charge is -2.05. The quantitative estimate of drug-likeness (QED) is 0.875. The van der Waals surface area contributed by atoms with E-state index >= 15 is 0 Å². The van der Waals surface area contributed by atoms with Crippen LogP contribution in [0.25, 0.3) is 0 Å². The number of anilines is 1. The highest BCUT2D eigenvalue weighted by Gasteiger charge is 1.99. The minimum Gasteiger partial charge on any atom is -0.439 e. The third-order valence-corrected chi connectivity index (χ3v) is 2.33. The molecule has 1 heterocycles. The van der Waals surface area contributed by atoms with Gasteiger partial charge >= 0.3 is 0 Å². The Bertz CT molecular complexity index is 482. The predicted molar refractivity (Wildman–Crippen MR) is 67.0 cm³/mol. The molecular formula is C13H15N3O. The molecule has 0 radical (unpaired) electrons. The van der Waals surface area contributed by atoms with Crippen molar-refractivity contribution in [1.29, 1.82) is 0 Å². The molecule has 0 aliphatic rings. The van der Waals surface area contributed by atoms with Crippen LogP contribution >= 0.6 is 0 Å². The molecular weight excluding hydrogens is 214 g/mol. The molecule has 0 fully saturated rings. The Hall–Kier alpha value is -2.10. The largest absolute Gasteiger partial charge is 0.439 e. The number of benzene rings is 1. The third-order valence-electron chi connectivity index (χ3n) is 2.33. The van der Waals surface area contributed by atoms with Crippen LogP contribution in [0.5, 0.6) is 11.6 Å². The summed E-state index contributed by atoms with van der Waals surface area (Å²) in [5.41, 5.74) is 6.78. The number of ether oxygens (including phenoxy) is 1. The van der Waals surface area contributed by atoms with Gasteiger partial charge in [-0.2, -0.15) is 4.98 Å². The molecule has 1 aromatic carbocycles. The molecule has 0 atom stereocenters. The Morgan fingerprint density at radius 2 is 1.94 bits per heavy atom. The molecule has 0 amide bonds. The molecule has 0 unspecified atom stereocenters. The number of aryl methyl sites for hydroxylation is 1. The number of hydrogen-bond donors (Lipinski definition) is 1. The van der Waals surface area contributed by atoms with E-state index in [0.717, 1.165) is 18.6 Å². The Balaban J connectivity index is 2.08. The van der Waals surface area contributed by atoms with E-state index in [2.05, 4.69) is 29.0 Å². The van der Waals surface area contributed by atoms with Gasteiger partial charge in [0.15, 0.2) is 0 Å². The topological polar surface area (TPSA) is 61.0 Å². The van der Waals surface area contributed by atoms with Crippen molar-refractivity contribution in [3.63, 3.8) is 0 Å². The Kier molecular flexibility index (Phi) is 3.55. The summed E-state index contributed by atoms with van der Waals surface area (Å²) in [7, 11) is 0. The molecule has 2 aromatic rings. The molecule has 0 spiro atoms. The minimum absolute atomic E-state index is 0.213. The fourth-order valence-corrected chi connectivity index (χ4v) is 1.55. The standard InChI is InChI=1S/C13H15N3O/c1-2-3-10-4-6-11(7-5-10)17-12-8-9-15-13(14)16-12/h4-9H,2-3H2,1H3,(H2,14,15,16). The zero-order valence-electron chi connectivity index (χ0n) is 9.76. The summed E-state index contributed by atoms with van der Waals surface area (Å²) < 4.78 is 5.56. The summed E-state index contributed by atoms with van der Waals surface area (Å²) >= 11 is 0. The SMILES string of the molecule is CCCc1ccc(Oc2ccnc(N)n2)cc1. The van der Waals surface area contributed by atoms with Gasteiger partial charge < -0.3 is 10.5 Å². The molecule has 0 aliphatic carbocycles. The number of nitrogens with zero attached hydrogens (tertiary/aromatic N) is 2. The lowest BCUT2D eigenvalue weighted by molar-refractivity contribution is 0.462. The van der Waals surface area contributed by atoms with Gasteiger partial charge in [0.25, 0.3) is 0 Å². The summed E-state index contributed by atoms with van der Waals surface area (Å²) in [6.45, 7) is 2.16. The highest BCUT2D eigenvalue weighted by molar-refractivity contribution is 5.31. The van der Waals surface area contributed by atoms with E-state index in [1.165, 1.54) is 5.56 Å². The van der Waals surface area contributed by atoms with Crippen LogP contribution in [0.1, 0.15) is 18.9 Å². The van der Waals surface area contributed by atoms with Gasteiger partial charge in [0.1, 0.15) is 5.75 Å². The average Bonchev–Trinajstić information content (AvgIpc) is 2.32. The monoisotopic (exact) mass is 229 g/mol. The number of aromatic nitrogens is 2. The first kappa shape index (κ1) is 11.4. The van der Waals surface area contributed by atoms with Crippen LogP contribution in [0.15, 0.2) is 36.5 Å². The van der Waals surface area contributed by atoms with E-state index in [9.17, 15) is 0 Å². The van der Waals surface area contributed by atoms with Crippen molar-refractivity contribution in [2.45, 2.75) is 19.8 Å². The Morgan fingerprint density at radius 1 is 1.18 bits per heavy atom. The van der Waals surface area contributed by atoms with Gasteiger partial charge in [-0.3, -0.25) is 0 Å². The van der Waals surface area contributed by atoms with Crippen molar-refractivity contribution in [1.82, 2.24) is 9.97 Å². The molecule has 88 valence electrons. The number of nitrogens with two attached hydrogens (primary N) is 1. The summed E-state index contributed by atoms with van der Waals surface area (Å²) in [6, 6.07) is 9.66. The van der Waals surface area contributed by atoms with Crippen molar-refractivity contribution in [3.05, 3.63) is 42.1 Å². The van der Waals surface area contributed by atoms with Gasteiger partial charge in [0.05, 0.1) is 0 Å². The van der Waals surface area contributed by atoms with E-state index in [4.69, 9.17) is 10.5 Å². The zero-order chi connectivity index (χ0) is 12.1. The smallest absolute Gasteiger partial charge is 0.224 e. The number of hydrogen-bond acceptors (Lipinski definition) is 4. The zero-order valence-corrected chi connectivity index (χ0v) is 9.76. The van der Waals surface area contributed by atoms with Crippen LogP contribution in [0.4, 0.5) is 5.95 Å². The molecule has 0 saturated heterocycles. The fourth-order valence-electron chi connectivity index (χ4n) is 1.55. The van der Waals surface area contributed by atoms with E-state index in [1.54, 1.807) is 12.3 Å². The van der Waals surface area contributed by atoms with E-state index < -0.39 is 0 Å². The summed E-state index contributed by atoms with van der Waals surface area (Å²) in [5, 5.41) is 0. The number of rotatable bonds is 4. The van der Waals surface area contributed by atoms with Gasteiger partial charge in [0, 0.05) is 12.3 Å². The first-order valence-corrected chi connectivity index (χ1v) is 5.63. The van der Waals surface area contributed by atoms with E-state index in [1.807, 2.05) is 12.1 Å². The first-order chi connectivity index (χ1) is 8.28. The van der Waals surface area contributed by atoms with Crippen LogP contribution in [0.2, 0.25) is 0 Å². The second-order valence-corrected chi connectivity index (χ2v) is 3.75. The summed E-state index contributed by atoms with van der Waals surface area (Å²) in [6.07, 6.45) is 3.80. The summed E-state index contributed by atoms with van der Waals surface area (Å²) in [5.74, 6) is 1.42. The molecule has 1 aromatic heterocycles. The average molecular weight is 229 g/mol. The van der Waals surface area contributed by atoms with Crippen molar-refractivity contribution in [3.8, 4) is 11.6 Å².